The molecule has 8 heteroatoms. The third-order valence-electron chi connectivity index (χ3n) is 5.64. The predicted octanol–water partition coefficient (Wildman–Crippen LogP) is 2.87. The third kappa shape index (κ3) is 4.60. The lowest BCUT2D eigenvalue weighted by atomic mass is 10.0. The number of hydrogen-bond donors (Lipinski definition) is 1. The van der Waals surface area contributed by atoms with Gasteiger partial charge in [-0.3, -0.25) is 28.8 Å². The second-order valence-corrected chi connectivity index (χ2v) is 9.35. The van der Waals surface area contributed by atoms with Crippen LogP contribution in [0.2, 0.25) is 0 Å². The molecule has 0 saturated carbocycles. The van der Waals surface area contributed by atoms with Gasteiger partial charge in [0.25, 0.3) is 0 Å². The van der Waals surface area contributed by atoms with Crippen molar-refractivity contribution >= 4 is 28.8 Å². The molecule has 3 aromatic rings. The number of imidazole rings is 1. The van der Waals surface area contributed by atoms with Crippen molar-refractivity contribution in [3.63, 3.8) is 0 Å². The van der Waals surface area contributed by atoms with Crippen molar-refractivity contribution in [3.05, 3.63) is 58.5 Å². The van der Waals surface area contributed by atoms with Gasteiger partial charge >= 0.3 is 11.7 Å². The SMILES string of the molecule is Cn1c(=O)n(C2CCC(=O)NC2=O)c2ccc(-c3cccc(CC(=O)OC(C)(C)C)c3)cc21. The van der Waals surface area contributed by atoms with E-state index in [1.54, 1.807) is 7.05 Å². The third-order valence-corrected chi connectivity index (χ3v) is 5.64. The summed E-state index contributed by atoms with van der Waals surface area (Å²) < 4.78 is 8.38. The topological polar surface area (TPSA) is 99.4 Å². The number of imide groups is 1. The van der Waals surface area contributed by atoms with Crippen LogP contribution in [0.1, 0.15) is 45.2 Å². The van der Waals surface area contributed by atoms with Gasteiger partial charge in [-0.15, -0.1) is 0 Å². The molecule has 1 aliphatic rings. The lowest BCUT2D eigenvalue weighted by Crippen LogP contribution is -2.44. The van der Waals surface area contributed by atoms with Crippen molar-refractivity contribution in [2.45, 2.75) is 51.7 Å². The largest absolute Gasteiger partial charge is 0.460 e. The molecule has 1 fully saturated rings. The number of nitrogens with zero attached hydrogens (tertiary/aromatic N) is 2. The maximum Gasteiger partial charge on any atom is 0.329 e. The minimum atomic E-state index is -0.720. The standard InChI is InChI=1S/C25H27N3O5/c1-25(2,3)33-22(30)13-15-6-5-7-16(12-15)17-8-9-18-20(14-17)27(4)24(32)28(18)19-10-11-21(29)26-23(19)31/h5-9,12,14,19H,10-11,13H2,1-4H3,(H,26,29,31). The number of carbonyl (C=O) groups is 3. The van der Waals surface area contributed by atoms with E-state index in [2.05, 4.69) is 5.32 Å². The number of rotatable bonds is 4. The van der Waals surface area contributed by atoms with E-state index in [4.69, 9.17) is 4.74 Å². The molecule has 1 N–H and O–H groups in total. The Hall–Kier alpha value is -3.68. The molecule has 2 amide bonds. The van der Waals surface area contributed by atoms with Gasteiger partial charge in [-0.2, -0.15) is 0 Å². The van der Waals surface area contributed by atoms with Crippen molar-refractivity contribution in [3.8, 4) is 11.1 Å². The van der Waals surface area contributed by atoms with Crippen LogP contribution < -0.4 is 11.0 Å². The summed E-state index contributed by atoms with van der Waals surface area (Å²) in [5.74, 6) is -1.07. The van der Waals surface area contributed by atoms with Crippen LogP contribution in [0, 0.1) is 0 Å². The lowest BCUT2D eigenvalue weighted by Gasteiger charge is -2.21. The Labute approximate surface area is 191 Å². The summed E-state index contributed by atoms with van der Waals surface area (Å²) >= 11 is 0. The van der Waals surface area contributed by atoms with Crippen LogP contribution in [-0.2, 0) is 32.6 Å². The van der Waals surface area contributed by atoms with Gasteiger partial charge in [0, 0.05) is 13.5 Å². The molecule has 4 rings (SSSR count). The van der Waals surface area contributed by atoms with E-state index in [0.29, 0.717) is 11.0 Å². The number of piperidine rings is 1. The first kappa shape index (κ1) is 22.5. The van der Waals surface area contributed by atoms with E-state index in [-0.39, 0.29) is 36.8 Å². The van der Waals surface area contributed by atoms with Crippen molar-refractivity contribution in [1.82, 2.24) is 14.5 Å². The first-order valence-electron chi connectivity index (χ1n) is 10.9. The second-order valence-electron chi connectivity index (χ2n) is 9.35. The first-order valence-corrected chi connectivity index (χ1v) is 10.9. The fourth-order valence-corrected chi connectivity index (χ4v) is 4.18. The number of ether oxygens (including phenoxy) is 1. The Kier molecular flexibility index (Phi) is 5.69. The van der Waals surface area contributed by atoms with Gasteiger partial charge in [0.2, 0.25) is 11.8 Å². The molecule has 1 atom stereocenters. The number of carbonyl (C=O) groups excluding carboxylic acids is 3. The predicted molar refractivity (Wildman–Crippen MR) is 124 cm³/mol. The van der Waals surface area contributed by atoms with E-state index in [0.717, 1.165) is 16.7 Å². The van der Waals surface area contributed by atoms with E-state index >= 15 is 0 Å². The van der Waals surface area contributed by atoms with Gasteiger partial charge in [0.1, 0.15) is 11.6 Å². The average Bonchev–Trinajstić information content (AvgIpc) is 2.97. The highest BCUT2D eigenvalue weighted by molar-refractivity contribution is 6.00. The number of nitrogens with one attached hydrogen (secondary N) is 1. The first-order chi connectivity index (χ1) is 15.5. The fourth-order valence-electron chi connectivity index (χ4n) is 4.18. The fraction of sp³-hybridized carbons (Fsp3) is 0.360. The summed E-state index contributed by atoms with van der Waals surface area (Å²) in [6.45, 7) is 5.51. The summed E-state index contributed by atoms with van der Waals surface area (Å²) in [6, 6.07) is 12.5. The van der Waals surface area contributed by atoms with Gasteiger partial charge in [0.15, 0.2) is 0 Å². The Morgan fingerprint density at radius 1 is 1.06 bits per heavy atom. The molecule has 2 heterocycles. The number of aryl methyl sites for hydroxylation is 1. The minimum Gasteiger partial charge on any atom is -0.460 e. The number of esters is 1. The molecule has 1 unspecified atom stereocenters. The van der Waals surface area contributed by atoms with Crippen LogP contribution in [0.25, 0.3) is 22.2 Å². The van der Waals surface area contributed by atoms with Gasteiger partial charge in [-0.25, -0.2) is 4.79 Å². The van der Waals surface area contributed by atoms with Crippen LogP contribution >= 0.6 is 0 Å². The van der Waals surface area contributed by atoms with Gasteiger partial charge < -0.3 is 4.74 Å². The molecule has 1 aromatic heterocycles. The highest BCUT2D eigenvalue weighted by Gasteiger charge is 2.31. The Morgan fingerprint density at radius 2 is 1.79 bits per heavy atom. The molecule has 0 bridgehead atoms. The Bertz CT molecular complexity index is 1330. The number of amides is 2. The summed E-state index contributed by atoms with van der Waals surface area (Å²) in [5.41, 5.74) is 3.07. The Morgan fingerprint density at radius 3 is 2.48 bits per heavy atom. The van der Waals surface area contributed by atoms with Crippen LogP contribution in [0.3, 0.4) is 0 Å². The van der Waals surface area contributed by atoms with E-state index < -0.39 is 17.6 Å². The molecule has 0 radical (unpaired) electrons. The summed E-state index contributed by atoms with van der Waals surface area (Å²) in [7, 11) is 1.66. The summed E-state index contributed by atoms with van der Waals surface area (Å²) in [6.07, 6.45) is 0.650. The van der Waals surface area contributed by atoms with Crippen molar-refractivity contribution < 1.29 is 19.1 Å². The zero-order valence-electron chi connectivity index (χ0n) is 19.2. The minimum absolute atomic E-state index is 0.164. The summed E-state index contributed by atoms with van der Waals surface area (Å²) in [4.78, 5) is 49.1. The highest BCUT2D eigenvalue weighted by Crippen LogP contribution is 2.28. The van der Waals surface area contributed by atoms with Crippen LogP contribution in [0.4, 0.5) is 0 Å². The maximum absolute atomic E-state index is 13.0. The lowest BCUT2D eigenvalue weighted by molar-refractivity contribution is -0.154. The molecular formula is C25H27N3O5. The molecule has 0 spiro atoms. The molecule has 33 heavy (non-hydrogen) atoms. The molecule has 1 saturated heterocycles. The molecule has 0 aliphatic carbocycles. The molecule has 8 nitrogen and oxygen atoms in total. The number of fused-ring (bicyclic) bond motifs is 1. The van der Waals surface area contributed by atoms with Gasteiger partial charge in [-0.1, -0.05) is 30.3 Å². The summed E-state index contributed by atoms with van der Waals surface area (Å²) in [5, 5.41) is 2.32. The second kappa shape index (κ2) is 8.35. The quantitative estimate of drug-likeness (QED) is 0.488. The van der Waals surface area contributed by atoms with Gasteiger partial charge in [-0.05, 0) is 56.0 Å². The number of aromatic nitrogens is 2. The van der Waals surface area contributed by atoms with Crippen molar-refractivity contribution in [1.29, 1.82) is 0 Å². The maximum atomic E-state index is 13.0. The van der Waals surface area contributed by atoms with Gasteiger partial charge in [0.05, 0.1) is 17.5 Å². The van der Waals surface area contributed by atoms with E-state index in [1.165, 1.54) is 9.13 Å². The van der Waals surface area contributed by atoms with Crippen LogP contribution in [0.5, 0.6) is 0 Å². The zero-order chi connectivity index (χ0) is 23.9. The number of benzene rings is 2. The number of hydrogen-bond acceptors (Lipinski definition) is 5. The van der Waals surface area contributed by atoms with Crippen LogP contribution in [0.15, 0.2) is 47.3 Å². The van der Waals surface area contributed by atoms with Crippen molar-refractivity contribution in [2.24, 2.45) is 7.05 Å². The average molecular weight is 450 g/mol. The smallest absolute Gasteiger partial charge is 0.329 e. The van der Waals surface area contributed by atoms with Crippen molar-refractivity contribution in [2.75, 3.05) is 0 Å². The molecule has 1 aliphatic heterocycles. The van der Waals surface area contributed by atoms with E-state index in [1.807, 2.05) is 63.2 Å². The zero-order valence-corrected chi connectivity index (χ0v) is 19.2. The molecule has 2 aromatic carbocycles. The monoisotopic (exact) mass is 449 g/mol. The molecular weight excluding hydrogens is 422 g/mol. The molecule has 172 valence electrons. The highest BCUT2D eigenvalue weighted by atomic mass is 16.6. The Balaban J connectivity index is 1.68. The normalized spacial score (nSPS) is 16.7. The van der Waals surface area contributed by atoms with Crippen LogP contribution in [-0.4, -0.2) is 32.5 Å². The van der Waals surface area contributed by atoms with E-state index in [9.17, 15) is 19.2 Å².